The van der Waals surface area contributed by atoms with E-state index in [0.29, 0.717) is 43.4 Å². The van der Waals surface area contributed by atoms with E-state index < -0.39 is 70.9 Å². The molecule has 600 valence electrons. The second kappa shape index (κ2) is 41.5. The normalized spacial score (nSPS) is 18.9. The third-order valence-corrected chi connectivity index (χ3v) is 22.4. The average Bonchev–Trinajstić information content (AvgIpc) is 1.75. The van der Waals surface area contributed by atoms with Gasteiger partial charge >= 0.3 is 47.3 Å². The van der Waals surface area contributed by atoms with Gasteiger partial charge in [-0.05, 0) is 152 Å². The molecule has 4 fully saturated rings. The van der Waals surface area contributed by atoms with Crippen LogP contribution in [0.1, 0.15) is 164 Å². The first-order valence-corrected chi connectivity index (χ1v) is 39.2. The number of pyridine rings is 4. The molecule has 0 radical (unpaired) electrons. The summed E-state index contributed by atoms with van der Waals surface area (Å²) >= 11 is 6.60. The van der Waals surface area contributed by atoms with E-state index in [2.05, 4.69) is 86.4 Å². The molecule has 113 heavy (non-hydrogen) atoms. The number of hydrogen-bond acceptors (Lipinski definition) is 25. The summed E-state index contributed by atoms with van der Waals surface area (Å²) in [5.41, 5.74) is 21.6. The molecule has 12 heterocycles. The van der Waals surface area contributed by atoms with Crippen molar-refractivity contribution in [3.05, 3.63) is 161 Å². The van der Waals surface area contributed by atoms with Crippen LogP contribution in [0.4, 0.5) is 22.7 Å². The standard InChI is InChI=1S/3C19H22N4O4S.C10H15NS.C9H9N3O5/c3*1-11-5-6-14(15-4-3-7-28-15)23(10-11)19(26)17(25)22-12-8-13(16(20)24)18(27-2)21-9-12;1-8-4-5-9(11-7-8)10-3-2-6-12-10;1-17-8-5(6(10)13)2-4(3-11-8)12-7(14)9(15)16/h3*3-4,7-9,11,14H,5-6,10H2,1-2H3,(H2,20,24)(H,22,25);2-3,6,8-9,11H,4-5,7H2,1H3;2-3H,1H3,(H2,10,13)(H,12,14)(H,15,16)/t2*11-,14+;;;/m10.../s1. The number of carboxylic acid groups (broad SMARTS) is 1. The number of aliphatic carboxylic acids is 1. The lowest BCUT2D eigenvalue weighted by Gasteiger charge is -2.37. The molecular formula is C76H90N16O17S4. The Hall–Kier alpha value is -11.8. The van der Waals surface area contributed by atoms with E-state index in [0.717, 1.165) is 65.3 Å². The number of piperidine rings is 4. The summed E-state index contributed by atoms with van der Waals surface area (Å²) in [6, 6.07) is 21.7. The molecule has 4 aliphatic rings. The topological polar surface area (TPSA) is 487 Å². The Bertz CT molecular complexity index is 4310. The Balaban J connectivity index is 0.000000182. The summed E-state index contributed by atoms with van der Waals surface area (Å²) < 4.78 is 19.7. The number of carbonyl (C=O) groups is 12. The van der Waals surface area contributed by atoms with E-state index in [9.17, 15) is 57.5 Å². The van der Waals surface area contributed by atoms with Crippen LogP contribution in [0.25, 0.3) is 0 Å². The van der Waals surface area contributed by atoms with Gasteiger partial charge in [-0.3, -0.25) is 52.7 Å². The summed E-state index contributed by atoms with van der Waals surface area (Å²) in [6.07, 6.45) is 13.2. The highest BCUT2D eigenvalue weighted by molar-refractivity contribution is 7.10. The number of ether oxygens (including phenoxy) is 4. The molecule has 0 aliphatic carbocycles. The number of nitrogens with zero attached hydrogens (tertiary/aromatic N) is 7. The van der Waals surface area contributed by atoms with E-state index in [1.807, 2.05) is 69.2 Å². The van der Waals surface area contributed by atoms with Crippen molar-refractivity contribution in [2.45, 2.75) is 103 Å². The molecule has 0 bridgehead atoms. The summed E-state index contributed by atoms with van der Waals surface area (Å²) in [5, 5.41) is 29.6. The molecular weight excluding hydrogens is 1540 g/mol. The van der Waals surface area contributed by atoms with Crippen molar-refractivity contribution in [2.75, 3.05) is 75.9 Å². The number of anilines is 4. The number of primary amides is 4. The van der Waals surface area contributed by atoms with Crippen molar-refractivity contribution in [3.63, 3.8) is 0 Å². The minimum Gasteiger partial charge on any atom is -0.480 e. The minimum absolute atomic E-state index is 0.00850. The number of likely N-dealkylation sites (tertiary alicyclic amines) is 3. The molecule has 8 aromatic heterocycles. The number of methoxy groups -OCH3 is 4. The minimum atomic E-state index is -1.65. The molecule has 0 saturated carbocycles. The summed E-state index contributed by atoms with van der Waals surface area (Å²) in [7, 11) is 5.38. The molecule has 8 aromatic rings. The Morgan fingerprint density at radius 1 is 0.398 bits per heavy atom. The van der Waals surface area contributed by atoms with Gasteiger partial charge in [0.05, 0.1) is 94.1 Å². The van der Waals surface area contributed by atoms with Crippen molar-refractivity contribution in [3.8, 4) is 23.5 Å². The van der Waals surface area contributed by atoms with E-state index in [-0.39, 0.29) is 86.6 Å². The number of hydrogen-bond donors (Lipinski definition) is 10. The zero-order chi connectivity index (χ0) is 82.2. The van der Waals surface area contributed by atoms with Crippen LogP contribution in [-0.4, -0.2) is 165 Å². The third-order valence-electron chi connectivity index (χ3n) is 18.4. The Morgan fingerprint density at radius 3 is 0.894 bits per heavy atom. The van der Waals surface area contributed by atoms with Crippen LogP contribution >= 0.6 is 45.3 Å². The Kier molecular flexibility index (Phi) is 31.8. The van der Waals surface area contributed by atoms with E-state index in [1.165, 1.54) is 95.6 Å². The molecule has 37 heteroatoms. The lowest BCUT2D eigenvalue weighted by atomic mass is 9.93. The van der Waals surface area contributed by atoms with Gasteiger partial charge in [0.1, 0.15) is 22.3 Å². The largest absolute Gasteiger partial charge is 0.480 e. The number of rotatable bonds is 16. The molecule has 4 saturated heterocycles. The summed E-state index contributed by atoms with van der Waals surface area (Å²) in [6.45, 7) is 11.2. The lowest BCUT2D eigenvalue weighted by molar-refractivity contribution is -0.147. The van der Waals surface area contributed by atoms with Crippen LogP contribution in [0.2, 0.25) is 0 Å². The second-order valence-corrected chi connectivity index (χ2v) is 30.8. The Morgan fingerprint density at radius 2 is 0.664 bits per heavy atom. The molecule has 33 nitrogen and oxygen atoms in total. The predicted octanol–water partition coefficient (Wildman–Crippen LogP) is 8.59. The molecule has 0 aromatic carbocycles. The average molecular weight is 1630 g/mol. The predicted molar refractivity (Wildman–Crippen MR) is 424 cm³/mol. The molecule has 11 amide bonds. The van der Waals surface area contributed by atoms with Gasteiger partial charge < -0.3 is 88.3 Å². The van der Waals surface area contributed by atoms with Gasteiger partial charge in [0.15, 0.2) is 0 Å². The van der Waals surface area contributed by atoms with Crippen molar-refractivity contribution in [2.24, 2.45) is 46.6 Å². The van der Waals surface area contributed by atoms with Crippen molar-refractivity contribution in [1.29, 1.82) is 0 Å². The first-order valence-electron chi connectivity index (χ1n) is 35.6. The number of carbonyl (C=O) groups excluding carboxylic acids is 11. The van der Waals surface area contributed by atoms with Gasteiger partial charge in [-0.2, -0.15) is 0 Å². The number of nitrogens with one attached hydrogen (secondary N) is 5. The highest BCUT2D eigenvalue weighted by atomic mass is 32.1. The maximum atomic E-state index is 12.9. The lowest BCUT2D eigenvalue weighted by Crippen LogP contribution is -2.46. The smallest absolute Gasteiger partial charge is 0.394 e. The van der Waals surface area contributed by atoms with Crippen LogP contribution in [0.3, 0.4) is 0 Å². The summed E-state index contributed by atoms with van der Waals surface area (Å²) in [4.78, 5) is 168. The maximum Gasteiger partial charge on any atom is 0.394 e. The molecule has 0 spiro atoms. The zero-order valence-corrected chi connectivity index (χ0v) is 66.5. The quantitative estimate of drug-likeness (QED) is 0.0405. The molecule has 14 N–H and O–H groups in total. The van der Waals surface area contributed by atoms with Crippen molar-refractivity contribution >= 4 is 139 Å². The Labute approximate surface area is 666 Å². The fraction of sp³-hybridized carbons (Fsp3) is 0.368. The van der Waals surface area contributed by atoms with Crippen LogP contribution < -0.4 is 68.5 Å². The number of carboxylic acids is 1. The van der Waals surface area contributed by atoms with Crippen molar-refractivity contribution in [1.82, 2.24) is 40.0 Å². The number of aromatic nitrogens is 4. The van der Waals surface area contributed by atoms with Crippen molar-refractivity contribution < 1.29 is 81.6 Å². The van der Waals surface area contributed by atoms with Gasteiger partial charge in [0, 0.05) is 45.2 Å². The third kappa shape index (κ3) is 23.9. The van der Waals surface area contributed by atoms with Crippen LogP contribution in [0.5, 0.6) is 23.5 Å². The monoisotopic (exact) mass is 1630 g/mol. The zero-order valence-electron chi connectivity index (χ0n) is 63.2. The SMILES string of the molecule is CC1CCC(c2cccs2)NC1.COc1ncc(NC(=O)C(=O)N2CC(C)CCC2c2cccs2)cc1C(N)=O.COc1ncc(NC(=O)C(=O)N2C[C@@H](C)CC[C@@H]2c2cccs2)cc1C(N)=O.COc1ncc(NC(=O)C(=O)N2C[C@H](C)CC[C@H]2c2cccs2)cc1C(N)=O.COc1ncc(NC(=O)C(=O)O)cc1C(N)=O. The fourth-order valence-corrected chi connectivity index (χ4v) is 16.2. The van der Waals surface area contributed by atoms with E-state index >= 15 is 0 Å². The number of thiophene rings is 4. The molecule has 8 atom stereocenters. The van der Waals surface area contributed by atoms with Gasteiger partial charge in [-0.25, -0.2) is 24.7 Å². The fourth-order valence-electron chi connectivity index (χ4n) is 12.8. The van der Waals surface area contributed by atoms with Gasteiger partial charge in [-0.1, -0.05) is 52.0 Å². The van der Waals surface area contributed by atoms with E-state index in [1.54, 1.807) is 48.7 Å². The van der Waals surface area contributed by atoms with Crippen LogP contribution in [0, 0.1) is 23.7 Å². The summed E-state index contributed by atoms with van der Waals surface area (Å²) in [5.74, 6) is -8.12. The molecule has 4 aliphatic heterocycles. The van der Waals surface area contributed by atoms with E-state index in [4.69, 9.17) is 47.0 Å². The maximum absolute atomic E-state index is 12.9. The first-order chi connectivity index (χ1) is 54.0. The van der Waals surface area contributed by atoms with Gasteiger partial charge in [0.2, 0.25) is 23.5 Å². The second-order valence-electron chi connectivity index (χ2n) is 26.9. The highest BCUT2D eigenvalue weighted by Gasteiger charge is 2.38. The molecule has 12 rings (SSSR count). The van der Waals surface area contributed by atoms with Gasteiger partial charge in [0.25, 0.3) is 23.6 Å². The molecule has 4 unspecified atom stereocenters. The van der Waals surface area contributed by atoms with Crippen LogP contribution in [-0.2, 0) is 38.4 Å². The van der Waals surface area contributed by atoms with Gasteiger partial charge in [-0.15, -0.1) is 45.3 Å². The number of nitrogens with two attached hydrogens (primary N) is 4. The number of amides is 11. The highest BCUT2D eigenvalue weighted by Crippen LogP contribution is 2.39. The van der Waals surface area contributed by atoms with Crippen LogP contribution in [0.15, 0.2) is 119 Å². The first kappa shape index (κ1) is 86.8.